The fraction of sp³-hybridized carbons (Fsp3) is 0.357. The van der Waals surface area contributed by atoms with Crippen LogP contribution in [0, 0.1) is 0 Å². The van der Waals surface area contributed by atoms with Gasteiger partial charge in [-0.25, -0.2) is 4.98 Å². The summed E-state index contributed by atoms with van der Waals surface area (Å²) in [6.07, 6.45) is 1.38. The quantitative estimate of drug-likeness (QED) is 0.828. The van der Waals surface area contributed by atoms with Crippen LogP contribution in [0.2, 0.25) is 0 Å². The number of halogens is 2. The van der Waals surface area contributed by atoms with Crippen molar-refractivity contribution in [2.24, 2.45) is 5.73 Å². The minimum atomic E-state index is -0.506. The summed E-state index contributed by atoms with van der Waals surface area (Å²) in [5.41, 5.74) is 5.41. The van der Waals surface area contributed by atoms with Crippen molar-refractivity contribution in [1.29, 1.82) is 0 Å². The number of aromatic nitrogens is 2. The van der Waals surface area contributed by atoms with Gasteiger partial charge in [0.1, 0.15) is 6.54 Å². The molecule has 1 amide bonds. The van der Waals surface area contributed by atoms with E-state index in [4.69, 9.17) is 5.73 Å². The molecular formula is C14H18BrClN4O2. The van der Waals surface area contributed by atoms with Gasteiger partial charge in [0.05, 0.1) is 17.2 Å². The highest BCUT2D eigenvalue weighted by molar-refractivity contribution is 9.10. The van der Waals surface area contributed by atoms with Gasteiger partial charge < -0.3 is 11.1 Å². The van der Waals surface area contributed by atoms with E-state index in [-0.39, 0.29) is 30.4 Å². The van der Waals surface area contributed by atoms with Gasteiger partial charge in [-0.15, -0.1) is 12.4 Å². The van der Waals surface area contributed by atoms with Crippen LogP contribution in [0.5, 0.6) is 0 Å². The molecule has 0 saturated heterocycles. The highest BCUT2D eigenvalue weighted by Crippen LogP contribution is 2.14. The zero-order chi connectivity index (χ0) is 15.6. The Morgan fingerprint density at radius 2 is 2.14 bits per heavy atom. The minimum absolute atomic E-state index is 0. The van der Waals surface area contributed by atoms with Crippen LogP contribution in [-0.2, 0) is 11.3 Å². The van der Waals surface area contributed by atoms with Crippen LogP contribution in [-0.4, -0.2) is 27.5 Å². The molecule has 0 unspecified atom stereocenters. The molecule has 0 aliphatic heterocycles. The number of rotatable bonds is 4. The van der Waals surface area contributed by atoms with Crippen LogP contribution in [0.25, 0.3) is 10.9 Å². The maximum Gasteiger partial charge on any atom is 0.261 e. The SMILES string of the molecule is CC(C)(CN)NC(=O)Cn1cnc2ccc(Br)cc2c1=O.Cl. The van der Waals surface area contributed by atoms with E-state index < -0.39 is 5.54 Å². The molecule has 120 valence electrons. The van der Waals surface area contributed by atoms with Crippen molar-refractivity contribution < 1.29 is 4.79 Å². The van der Waals surface area contributed by atoms with Crippen molar-refractivity contribution in [2.75, 3.05) is 6.54 Å². The maximum absolute atomic E-state index is 12.3. The molecular weight excluding hydrogens is 372 g/mol. The van der Waals surface area contributed by atoms with E-state index in [0.717, 1.165) is 4.47 Å². The number of hydrogen-bond donors (Lipinski definition) is 2. The van der Waals surface area contributed by atoms with E-state index in [9.17, 15) is 9.59 Å². The molecule has 0 saturated carbocycles. The van der Waals surface area contributed by atoms with Gasteiger partial charge in [0, 0.05) is 16.6 Å². The highest BCUT2D eigenvalue weighted by atomic mass is 79.9. The molecule has 0 spiro atoms. The standard InChI is InChI=1S/C14H17BrN4O2.ClH/c1-14(2,7-16)18-12(20)6-19-8-17-11-4-3-9(15)5-10(11)13(19)21;/h3-5,8H,6-7,16H2,1-2H3,(H,18,20);1H. The number of nitrogens with two attached hydrogens (primary N) is 1. The Kier molecular flexibility index (Phi) is 6.10. The topological polar surface area (TPSA) is 90.0 Å². The molecule has 0 aliphatic carbocycles. The largest absolute Gasteiger partial charge is 0.348 e. The number of fused-ring (bicyclic) bond motifs is 1. The lowest BCUT2D eigenvalue weighted by molar-refractivity contribution is -0.123. The second-order valence-corrected chi connectivity index (χ2v) is 6.39. The van der Waals surface area contributed by atoms with Gasteiger partial charge in [0.15, 0.2) is 0 Å². The lowest BCUT2D eigenvalue weighted by atomic mass is 10.1. The van der Waals surface area contributed by atoms with Crippen molar-refractivity contribution in [1.82, 2.24) is 14.9 Å². The van der Waals surface area contributed by atoms with E-state index in [2.05, 4.69) is 26.2 Å². The summed E-state index contributed by atoms with van der Waals surface area (Å²) in [6, 6.07) is 5.27. The Hall–Kier alpha value is -1.44. The van der Waals surface area contributed by atoms with Gasteiger partial charge in [-0.1, -0.05) is 15.9 Å². The predicted molar refractivity (Wildman–Crippen MR) is 92.2 cm³/mol. The van der Waals surface area contributed by atoms with E-state index in [1.165, 1.54) is 10.9 Å². The Bertz CT molecular complexity index is 745. The average Bonchev–Trinajstić information content (AvgIpc) is 2.42. The van der Waals surface area contributed by atoms with Crippen molar-refractivity contribution >= 4 is 45.1 Å². The third-order valence-electron chi connectivity index (χ3n) is 3.09. The van der Waals surface area contributed by atoms with Gasteiger partial charge in [0.2, 0.25) is 5.91 Å². The Morgan fingerprint density at radius 1 is 1.45 bits per heavy atom. The van der Waals surface area contributed by atoms with Crippen LogP contribution >= 0.6 is 28.3 Å². The predicted octanol–water partition coefficient (Wildman–Crippen LogP) is 1.43. The molecule has 2 aromatic rings. The lowest BCUT2D eigenvalue weighted by Crippen LogP contribution is -2.50. The normalized spacial score (nSPS) is 11.1. The second-order valence-electron chi connectivity index (χ2n) is 5.48. The van der Waals surface area contributed by atoms with Crippen LogP contribution in [0.15, 0.2) is 33.8 Å². The molecule has 0 fully saturated rings. The maximum atomic E-state index is 12.3. The van der Waals surface area contributed by atoms with Crippen molar-refractivity contribution in [3.8, 4) is 0 Å². The van der Waals surface area contributed by atoms with Crippen LogP contribution < -0.4 is 16.6 Å². The molecule has 0 radical (unpaired) electrons. The first-order valence-electron chi connectivity index (χ1n) is 6.48. The molecule has 1 aromatic heterocycles. The number of amides is 1. The third-order valence-corrected chi connectivity index (χ3v) is 3.58. The summed E-state index contributed by atoms with van der Waals surface area (Å²) >= 11 is 3.32. The van der Waals surface area contributed by atoms with Gasteiger partial charge in [-0.05, 0) is 32.0 Å². The fourth-order valence-electron chi connectivity index (χ4n) is 1.87. The Labute approximate surface area is 142 Å². The number of hydrogen-bond acceptors (Lipinski definition) is 4. The summed E-state index contributed by atoms with van der Waals surface area (Å²) in [5, 5.41) is 3.25. The zero-order valence-corrected chi connectivity index (χ0v) is 14.7. The van der Waals surface area contributed by atoms with Gasteiger partial charge in [-0.2, -0.15) is 0 Å². The minimum Gasteiger partial charge on any atom is -0.348 e. The molecule has 0 aliphatic rings. The number of benzene rings is 1. The van der Waals surface area contributed by atoms with E-state index in [1.807, 2.05) is 19.9 Å². The number of carbonyl (C=O) groups excluding carboxylic acids is 1. The second kappa shape index (κ2) is 7.21. The Balaban J connectivity index is 0.00000242. The summed E-state index contributed by atoms with van der Waals surface area (Å²) < 4.78 is 2.08. The van der Waals surface area contributed by atoms with Crippen molar-refractivity contribution in [3.05, 3.63) is 39.4 Å². The molecule has 1 aromatic carbocycles. The molecule has 2 rings (SSSR count). The summed E-state index contributed by atoms with van der Waals surface area (Å²) in [6.45, 7) is 3.88. The molecule has 1 heterocycles. The molecule has 3 N–H and O–H groups in total. The Morgan fingerprint density at radius 3 is 2.77 bits per heavy atom. The fourth-order valence-corrected chi connectivity index (χ4v) is 2.23. The summed E-state index contributed by atoms with van der Waals surface area (Å²) in [5.74, 6) is -0.274. The van der Waals surface area contributed by atoms with E-state index >= 15 is 0 Å². The van der Waals surface area contributed by atoms with Crippen molar-refractivity contribution in [2.45, 2.75) is 25.9 Å². The van der Waals surface area contributed by atoms with Gasteiger partial charge >= 0.3 is 0 Å². The molecule has 0 bridgehead atoms. The molecule has 22 heavy (non-hydrogen) atoms. The van der Waals surface area contributed by atoms with Gasteiger partial charge in [-0.3, -0.25) is 14.2 Å². The van der Waals surface area contributed by atoms with Crippen LogP contribution in [0.3, 0.4) is 0 Å². The van der Waals surface area contributed by atoms with Crippen LogP contribution in [0.1, 0.15) is 13.8 Å². The number of nitrogens with one attached hydrogen (secondary N) is 1. The van der Waals surface area contributed by atoms with Crippen molar-refractivity contribution in [3.63, 3.8) is 0 Å². The van der Waals surface area contributed by atoms with Gasteiger partial charge in [0.25, 0.3) is 5.56 Å². The first-order valence-corrected chi connectivity index (χ1v) is 7.27. The smallest absolute Gasteiger partial charge is 0.261 e. The third kappa shape index (κ3) is 4.28. The molecule has 8 heteroatoms. The van der Waals surface area contributed by atoms with E-state index in [0.29, 0.717) is 17.4 Å². The zero-order valence-electron chi connectivity index (χ0n) is 12.3. The highest BCUT2D eigenvalue weighted by Gasteiger charge is 2.18. The van der Waals surface area contributed by atoms with Crippen LogP contribution in [0.4, 0.5) is 0 Å². The van der Waals surface area contributed by atoms with E-state index in [1.54, 1.807) is 12.1 Å². The average molecular weight is 390 g/mol. The first kappa shape index (κ1) is 18.6. The summed E-state index contributed by atoms with van der Waals surface area (Å²) in [4.78, 5) is 28.5. The summed E-state index contributed by atoms with van der Waals surface area (Å²) in [7, 11) is 0. The number of nitrogens with zero attached hydrogens (tertiary/aromatic N) is 2. The number of carbonyl (C=O) groups is 1. The molecule has 0 atom stereocenters. The molecule has 6 nitrogen and oxygen atoms in total. The monoisotopic (exact) mass is 388 g/mol. The lowest BCUT2D eigenvalue weighted by Gasteiger charge is -2.24. The first-order chi connectivity index (χ1) is 9.82.